The van der Waals surface area contributed by atoms with Gasteiger partial charge in [0.25, 0.3) is 0 Å². The van der Waals surface area contributed by atoms with Gasteiger partial charge in [-0.1, -0.05) is 25.1 Å². The second-order valence-electron chi connectivity index (χ2n) is 5.17. The van der Waals surface area contributed by atoms with Crippen molar-refractivity contribution in [2.45, 2.75) is 26.8 Å². The topological polar surface area (TPSA) is 25.2 Å². The molecule has 0 aliphatic carbocycles. The normalized spacial score (nSPS) is 11.0. The number of benzene rings is 2. The van der Waals surface area contributed by atoms with Crippen LogP contribution in [0.5, 0.6) is 0 Å². The maximum absolute atomic E-state index is 5.94. The van der Waals surface area contributed by atoms with Crippen LogP contribution in [0.4, 0.5) is 5.69 Å². The van der Waals surface area contributed by atoms with Gasteiger partial charge in [0, 0.05) is 33.2 Å². The summed E-state index contributed by atoms with van der Waals surface area (Å²) in [4.78, 5) is 0. The third-order valence-electron chi connectivity index (χ3n) is 3.75. The van der Waals surface area contributed by atoms with Crippen molar-refractivity contribution in [1.29, 1.82) is 0 Å². The van der Waals surface area contributed by atoms with Gasteiger partial charge >= 0.3 is 0 Å². The van der Waals surface area contributed by atoms with Gasteiger partial charge in [-0.2, -0.15) is 0 Å². The summed E-state index contributed by atoms with van der Waals surface area (Å²) in [5, 5.41) is 4.76. The van der Waals surface area contributed by atoms with Crippen LogP contribution in [0.15, 0.2) is 46.9 Å². The fourth-order valence-electron chi connectivity index (χ4n) is 2.64. The summed E-state index contributed by atoms with van der Waals surface area (Å²) >= 11 is 2.34. The van der Waals surface area contributed by atoms with E-state index in [-0.39, 0.29) is 0 Å². The lowest BCUT2D eigenvalue weighted by Crippen LogP contribution is -2.02. The van der Waals surface area contributed by atoms with Crippen LogP contribution in [0.25, 0.3) is 11.0 Å². The average molecular weight is 391 g/mol. The first-order chi connectivity index (χ1) is 10.2. The smallest absolute Gasteiger partial charge is 0.134 e. The summed E-state index contributed by atoms with van der Waals surface area (Å²) in [5.41, 5.74) is 4.70. The molecular weight excluding hydrogens is 373 g/mol. The molecule has 0 radical (unpaired) electrons. The molecule has 0 aliphatic heterocycles. The SMILES string of the molecule is CCc1oc2ccccc2c1CNc1ccc(I)cc1C. The van der Waals surface area contributed by atoms with Crippen molar-refractivity contribution in [3.63, 3.8) is 0 Å². The van der Waals surface area contributed by atoms with Gasteiger partial charge < -0.3 is 9.73 Å². The molecule has 1 aromatic heterocycles. The summed E-state index contributed by atoms with van der Waals surface area (Å²) in [7, 11) is 0. The molecule has 2 aromatic carbocycles. The van der Waals surface area contributed by atoms with Gasteiger partial charge in [-0.3, -0.25) is 0 Å². The number of hydrogen-bond donors (Lipinski definition) is 1. The van der Waals surface area contributed by atoms with Gasteiger partial charge in [-0.15, -0.1) is 0 Å². The second-order valence-corrected chi connectivity index (χ2v) is 6.41. The van der Waals surface area contributed by atoms with Gasteiger partial charge in [0.2, 0.25) is 0 Å². The molecule has 0 aliphatic rings. The monoisotopic (exact) mass is 391 g/mol. The van der Waals surface area contributed by atoms with Gasteiger partial charge in [0.05, 0.1) is 0 Å². The Morgan fingerprint density at radius 3 is 2.71 bits per heavy atom. The van der Waals surface area contributed by atoms with E-state index in [0.29, 0.717) is 0 Å². The van der Waals surface area contributed by atoms with Crippen LogP contribution >= 0.6 is 22.6 Å². The Morgan fingerprint density at radius 2 is 1.95 bits per heavy atom. The predicted molar refractivity (Wildman–Crippen MR) is 96.8 cm³/mol. The van der Waals surface area contributed by atoms with E-state index in [2.05, 4.69) is 72.1 Å². The summed E-state index contributed by atoms with van der Waals surface area (Å²) < 4.78 is 7.21. The molecule has 0 atom stereocenters. The van der Waals surface area contributed by atoms with Crippen molar-refractivity contribution in [2.24, 2.45) is 0 Å². The van der Waals surface area contributed by atoms with E-state index in [9.17, 15) is 0 Å². The first-order valence-corrected chi connectivity index (χ1v) is 8.26. The van der Waals surface area contributed by atoms with Gasteiger partial charge in [-0.05, 0) is 59.3 Å². The number of para-hydroxylation sites is 1. The van der Waals surface area contributed by atoms with E-state index in [4.69, 9.17) is 4.42 Å². The summed E-state index contributed by atoms with van der Waals surface area (Å²) in [5.74, 6) is 1.08. The fraction of sp³-hybridized carbons (Fsp3) is 0.222. The minimum atomic E-state index is 0.793. The minimum Gasteiger partial charge on any atom is -0.461 e. The molecule has 0 spiro atoms. The van der Waals surface area contributed by atoms with Crippen molar-refractivity contribution >= 4 is 39.2 Å². The molecule has 21 heavy (non-hydrogen) atoms. The third-order valence-corrected chi connectivity index (χ3v) is 4.42. The zero-order chi connectivity index (χ0) is 14.8. The zero-order valence-electron chi connectivity index (χ0n) is 12.2. The maximum Gasteiger partial charge on any atom is 0.134 e. The number of furan rings is 1. The Kier molecular flexibility index (Phi) is 4.19. The average Bonchev–Trinajstić information content (AvgIpc) is 2.84. The highest BCUT2D eigenvalue weighted by Gasteiger charge is 2.12. The third kappa shape index (κ3) is 2.93. The lowest BCUT2D eigenvalue weighted by atomic mass is 10.1. The highest BCUT2D eigenvalue weighted by Crippen LogP contribution is 2.27. The molecule has 3 aromatic rings. The molecule has 1 N–H and O–H groups in total. The van der Waals surface area contributed by atoms with Crippen LogP contribution in [0, 0.1) is 10.5 Å². The van der Waals surface area contributed by atoms with Gasteiger partial charge in [0.15, 0.2) is 0 Å². The minimum absolute atomic E-state index is 0.793. The number of anilines is 1. The molecule has 0 saturated carbocycles. The number of fused-ring (bicyclic) bond motifs is 1. The largest absolute Gasteiger partial charge is 0.461 e. The number of hydrogen-bond acceptors (Lipinski definition) is 2. The molecule has 3 rings (SSSR count). The second kappa shape index (κ2) is 6.10. The highest BCUT2D eigenvalue weighted by molar-refractivity contribution is 14.1. The molecule has 3 heteroatoms. The molecule has 2 nitrogen and oxygen atoms in total. The Hall–Kier alpha value is -1.49. The number of halogens is 1. The van der Waals surface area contributed by atoms with Crippen molar-refractivity contribution < 1.29 is 4.42 Å². The van der Waals surface area contributed by atoms with Crippen LogP contribution < -0.4 is 5.32 Å². The van der Waals surface area contributed by atoms with Crippen LogP contribution in [-0.4, -0.2) is 0 Å². The van der Waals surface area contributed by atoms with Crippen LogP contribution in [0.1, 0.15) is 23.8 Å². The van der Waals surface area contributed by atoms with E-state index in [1.807, 2.05) is 12.1 Å². The first-order valence-electron chi connectivity index (χ1n) is 7.18. The molecule has 0 bridgehead atoms. The van der Waals surface area contributed by atoms with E-state index >= 15 is 0 Å². The summed E-state index contributed by atoms with van der Waals surface area (Å²) in [6, 6.07) is 14.7. The first kappa shape index (κ1) is 14.4. The Bertz CT molecular complexity index is 776. The lowest BCUT2D eigenvalue weighted by molar-refractivity contribution is 0.551. The van der Waals surface area contributed by atoms with E-state index < -0.39 is 0 Å². The predicted octanol–water partition coefficient (Wildman–Crippen LogP) is 5.52. The summed E-state index contributed by atoms with van der Waals surface area (Å²) in [6.07, 6.45) is 0.914. The zero-order valence-corrected chi connectivity index (χ0v) is 14.4. The van der Waals surface area contributed by atoms with Crippen molar-refractivity contribution in [1.82, 2.24) is 0 Å². The Morgan fingerprint density at radius 1 is 1.14 bits per heavy atom. The molecule has 0 amide bonds. The summed E-state index contributed by atoms with van der Waals surface area (Å²) in [6.45, 7) is 5.07. The van der Waals surface area contributed by atoms with Gasteiger partial charge in [-0.25, -0.2) is 0 Å². The molecule has 1 heterocycles. The van der Waals surface area contributed by atoms with E-state index in [1.54, 1.807) is 0 Å². The van der Waals surface area contributed by atoms with Crippen molar-refractivity contribution in [3.05, 3.63) is 62.9 Å². The number of rotatable bonds is 4. The van der Waals surface area contributed by atoms with E-state index in [0.717, 1.165) is 24.3 Å². The van der Waals surface area contributed by atoms with E-state index in [1.165, 1.54) is 25.8 Å². The quantitative estimate of drug-likeness (QED) is 0.593. The standard InChI is InChI=1S/C18H18INO/c1-3-17-15(14-6-4-5-7-18(14)21-17)11-20-16-9-8-13(19)10-12(16)2/h4-10,20H,3,11H2,1-2H3. The molecule has 0 unspecified atom stereocenters. The molecular formula is C18H18INO. The molecule has 0 fully saturated rings. The fourth-order valence-corrected chi connectivity index (χ4v) is 3.28. The van der Waals surface area contributed by atoms with Crippen LogP contribution in [-0.2, 0) is 13.0 Å². The van der Waals surface area contributed by atoms with Gasteiger partial charge in [0.1, 0.15) is 11.3 Å². The van der Waals surface area contributed by atoms with Crippen LogP contribution in [0.2, 0.25) is 0 Å². The number of aryl methyl sites for hydroxylation is 2. The van der Waals surface area contributed by atoms with Crippen LogP contribution in [0.3, 0.4) is 0 Å². The lowest BCUT2D eigenvalue weighted by Gasteiger charge is -2.10. The number of nitrogens with one attached hydrogen (secondary N) is 1. The maximum atomic E-state index is 5.94. The highest BCUT2D eigenvalue weighted by atomic mass is 127. The molecule has 0 saturated heterocycles. The molecule has 108 valence electrons. The van der Waals surface area contributed by atoms with Crippen molar-refractivity contribution in [3.8, 4) is 0 Å². The Balaban J connectivity index is 1.91. The van der Waals surface area contributed by atoms with Crippen molar-refractivity contribution in [2.75, 3.05) is 5.32 Å². The Labute approximate surface area is 138 Å².